The number of aromatic nitrogens is 1. The molecule has 0 unspecified atom stereocenters. The molecule has 1 aliphatic rings. The molecule has 142 valence electrons. The number of amides is 1. The van der Waals surface area contributed by atoms with Gasteiger partial charge in [0.2, 0.25) is 0 Å². The van der Waals surface area contributed by atoms with Crippen LogP contribution in [0.1, 0.15) is 46.5 Å². The Kier molecular flexibility index (Phi) is 5.55. The molecule has 0 radical (unpaired) electrons. The van der Waals surface area contributed by atoms with Gasteiger partial charge in [0.25, 0.3) is 0 Å². The molecule has 3 rings (SSSR count). The van der Waals surface area contributed by atoms with Crippen LogP contribution >= 0.6 is 11.3 Å². The van der Waals surface area contributed by atoms with Crippen LogP contribution in [0.25, 0.3) is 10.2 Å². The minimum atomic E-state index is -0.455. The van der Waals surface area contributed by atoms with E-state index in [1.165, 1.54) is 0 Å². The minimum absolute atomic E-state index is 0.331. The SMILES string of the molecule is CC(C)(C)OC(=O)NCC1CCC(Nc2c(N)cnc3ccsc23)CC1. The second-order valence-electron chi connectivity index (χ2n) is 7.97. The van der Waals surface area contributed by atoms with Crippen LogP contribution in [0.3, 0.4) is 0 Å². The molecule has 2 heterocycles. The Morgan fingerprint density at radius 1 is 1.35 bits per heavy atom. The molecule has 2 aromatic heterocycles. The van der Waals surface area contributed by atoms with Gasteiger partial charge in [0.15, 0.2) is 0 Å². The fourth-order valence-electron chi connectivity index (χ4n) is 3.33. The molecule has 0 spiro atoms. The second kappa shape index (κ2) is 7.70. The zero-order valence-electron chi connectivity index (χ0n) is 15.7. The third-order valence-electron chi connectivity index (χ3n) is 4.63. The second-order valence-corrected chi connectivity index (χ2v) is 8.88. The van der Waals surface area contributed by atoms with Gasteiger partial charge in [-0.25, -0.2) is 4.79 Å². The lowest BCUT2D eigenvalue weighted by atomic mass is 9.86. The van der Waals surface area contributed by atoms with Gasteiger partial charge in [-0.2, -0.15) is 0 Å². The summed E-state index contributed by atoms with van der Waals surface area (Å²) >= 11 is 1.67. The third kappa shape index (κ3) is 4.78. The number of nitrogens with one attached hydrogen (secondary N) is 2. The molecule has 1 amide bonds. The van der Waals surface area contributed by atoms with E-state index < -0.39 is 5.60 Å². The van der Waals surface area contributed by atoms with E-state index >= 15 is 0 Å². The van der Waals surface area contributed by atoms with Crippen molar-refractivity contribution in [2.45, 2.75) is 58.1 Å². The molecule has 0 atom stereocenters. The Morgan fingerprint density at radius 2 is 2.08 bits per heavy atom. The lowest BCUT2D eigenvalue weighted by Gasteiger charge is -2.30. The number of carbonyl (C=O) groups excluding carboxylic acids is 1. The number of ether oxygens (including phenoxy) is 1. The topological polar surface area (TPSA) is 89.3 Å². The number of rotatable bonds is 4. The van der Waals surface area contributed by atoms with Gasteiger partial charge in [-0.3, -0.25) is 4.98 Å². The van der Waals surface area contributed by atoms with Crippen LogP contribution in [-0.2, 0) is 4.74 Å². The molecular formula is C19H28N4O2S. The number of pyridine rings is 1. The van der Waals surface area contributed by atoms with E-state index in [9.17, 15) is 4.79 Å². The number of nitrogens with zero attached hydrogens (tertiary/aromatic N) is 1. The number of thiophene rings is 1. The van der Waals surface area contributed by atoms with E-state index in [4.69, 9.17) is 10.5 Å². The molecule has 4 N–H and O–H groups in total. The van der Waals surface area contributed by atoms with Crippen molar-refractivity contribution in [3.8, 4) is 0 Å². The van der Waals surface area contributed by atoms with Crippen LogP contribution in [0, 0.1) is 5.92 Å². The standard InChI is InChI=1S/C19H28N4O2S/c1-19(2,3)25-18(24)22-10-12-4-6-13(7-5-12)23-16-14(20)11-21-15-8-9-26-17(15)16/h8-9,11-13H,4-7,10,20H2,1-3H3,(H,21,23)(H,22,24). The van der Waals surface area contributed by atoms with E-state index in [-0.39, 0.29) is 6.09 Å². The van der Waals surface area contributed by atoms with Crippen LogP contribution in [0.4, 0.5) is 16.2 Å². The fraction of sp³-hybridized carbons (Fsp3) is 0.579. The van der Waals surface area contributed by atoms with Gasteiger partial charge in [-0.05, 0) is 63.8 Å². The van der Waals surface area contributed by atoms with Gasteiger partial charge in [0.05, 0.1) is 27.8 Å². The van der Waals surface area contributed by atoms with E-state index in [1.807, 2.05) is 32.2 Å². The Hall–Kier alpha value is -2.02. The summed E-state index contributed by atoms with van der Waals surface area (Å²) in [6.07, 6.45) is 5.68. The van der Waals surface area contributed by atoms with Gasteiger partial charge >= 0.3 is 6.09 Å². The minimum Gasteiger partial charge on any atom is -0.444 e. The summed E-state index contributed by atoms with van der Waals surface area (Å²) in [5.41, 5.74) is 8.39. The average Bonchev–Trinajstić information content (AvgIpc) is 3.04. The molecule has 6 nitrogen and oxygen atoms in total. The number of carbonyl (C=O) groups is 1. The Balaban J connectivity index is 1.49. The Labute approximate surface area is 158 Å². The number of anilines is 2. The molecule has 0 aliphatic heterocycles. The predicted molar refractivity (Wildman–Crippen MR) is 108 cm³/mol. The van der Waals surface area contributed by atoms with Crippen molar-refractivity contribution in [2.24, 2.45) is 5.92 Å². The summed E-state index contributed by atoms with van der Waals surface area (Å²) < 4.78 is 6.42. The molecule has 0 bridgehead atoms. The van der Waals surface area contributed by atoms with Gasteiger partial charge in [-0.15, -0.1) is 11.3 Å². The van der Waals surface area contributed by atoms with E-state index in [0.717, 1.165) is 41.6 Å². The van der Waals surface area contributed by atoms with Crippen molar-refractivity contribution in [1.29, 1.82) is 0 Å². The Morgan fingerprint density at radius 3 is 2.77 bits per heavy atom. The number of fused-ring (bicyclic) bond motifs is 1. The van der Waals surface area contributed by atoms with Gasteiger partial charge in [0.1, 0.15) is 5.60 Å². The molecule has 1 saturated carbocycles. The van der Waals surface area contributed by atoms with Gasteiger partial charge in [0, 0.05) is 12.6 Å². The number of nitrogens with two attached hydrogens (primary N) is 1. The van der Waals surface area contributed by atoms with Crippen LogP contribution in [0.5, 0.6) is 0 Å². The number of hydrogen-bond donors (Lipinski definition) is 3. The first-order chi connectivity index (χ1) is 12.3. The number of nitrogen functional groups attached to an aromatic ring is 1. The summed E-state index contributed by atoms with van der Waals surface area (Å²) in [5.74, 6) is 0.497. The highest BCUT2D eigenvalue weighted by Crippen LogP contribution is 2.35. The van der Waals surface area contributed by atoms with Crippen molar-refractivity contribution < 1.29 is 9.53 Å². The summed E-state index contributed by atoms with van der Waals surface area (Å²) in [6, 6.07) is 2.42. The first-order valence-corrected chi connectivity index (χ1v) is 10.0. The van der Waals surface area contributed by atoms with E-state index in [0.29, 0.717) is 24.2 Å². The fourth-order valence-corrected chi connectivity index (χ4v) is 4.20. The summed E-state index contributed by atoms with van der Waals surface area (Å²) in [5, 5.41) is 8.57. The average molecular weight is 377 g/mol. The highest BCUT2D eigenvalue weighted by molar-refractivity contribution is 7.17. The van der Waals surface area contributed by atoms with Crippen molar-refractivity contribution in [3.05, 3.63) is 17.6 Å². The molecule has 0 aromatic carbocycles. The molecular weight excluding hydrogens is 348 g/mol. The van der Waals surface area contributed by atoms with E-state index in [1.54, 1.807) is 17.5 Å². The first kappa shape index (κ1) is 18.8. The monoisotopic (exact) mass is 376 g/mol. The lowest BCUT2D eigenvalue weighted by Crippen LogP contribution is -2.37. The maximum atomic E-state index is 11.8. The largest absolute Gasteiger partial charge is 0.444 e. The van der Waals surface area contributed by atoms with Gasteiger partial charge in [-0.1, -0.05) is 0 Å². The molecule has 7 heteroatoms. The first-order valence-electron chi connectivity index (χ1n) is 9.17. The number of alkyl carbamates (subject to hydrolysis) is 1. The molecule has 2 aromatic rings. The van der Waals surface area contributed by atoms with Crippen LogP contribution in [-0.4, -0.2) is 29.3 Å². The maximum Gasteiger partial charge on any atom is 0.407 e. The highest BCUT2D eigenvalue weighted by atomic mass is 32.1. The predicted octanol–water partition coefficient (Wildman–Crippen LogP) is 4.37. The summed E-state index contributed by atoms with van der Waals surface area (Å²) in [4.78, 5) is 16.1. The summed E-state index contributed by atoms with van der Waals surface area (Å²) in [6.45, 7) is 6.30. The van der Waals surface area contributed by atoms with Crippen LogP contribution in [0.2, 0.25) is 0 Å². The van der Waals surface area contributed by atoms with Crippen molar-refractivity contribution in [1.82, 2.24) is 10.3 Å². The van der Waals surface area contributed by atoms with Crippen molar-refractivity contribution in [3.63, 3.8) is 0 Å². The number of hydrogen-bond acceptors (Lipinski definition) is 6. The van der Waals surface area contributed by atoms with Crippen LogP contribution in [0.15, 0.2) is 17.6 Å². The summed E-state index contributed by atoms with van der Waals surface area (Å²) in [7, 11) is 0. The van der Waals surface area contributed by atoms with Crippen molar-refractivity contribution >= 4 is 39.0 Å². The zero-order chi connectivity index (χ0) is 18.7. The van der Waals surface area contributed by atoms with Gasteiger partial charge < -0.3 is 21.1 Å². The van der Waals surface area contributed by atoms with Crippen molar-refractivity contribution in [2.75, 3.05) is 17.6 Å². The van der Waals surface area contributed by atoms with Crippen LogP contribution < -0.4 is 16.4 Å². The quantitative estimate of drug-likeness (QED) is 0.737. The van der Waals surface area contributed by atoms with E-state index in [2.05, 4.69) is 15.6 Å². The maximum absolute atomic E-state index is 11.8. The lowest BCUT2D eigenvalue weighted by molar-refractivity contribution is 0.0515. The molecule has 1 fully saturated rings. The Bertz CT molecular complexity index is 760. The molecule has 0 saturated heterocycles. The smallest absolute Gasteiger partial charge is 0.407 e. The zero-order valence-corrected chi connectivity index (χ0v) is 16.5. The molecule has 1 aliphatic carbocycles. The third-order valence-corrected chi connectivity index (χ3v) is 5.55. The highest BCUT2D eigenvalue weighted by Gasteiger charge is 2.24. The normalized spacial score (nSPS) is 20.7. The molecule has 26 heavy (non-hydrogen) atoms.